The Hall–Kier alpha value is -2.96. The van der Waals surface area contributed by atoms with E-state index in [0.29, 0.717) is 47.2 Å². The molecule has 0 fully saturated rings. The van der Waals surface area contributed by atoms with Gasteiger partial charge in [-0.1, -0.05) is 0 Å². The minimum Gasteiger partial charge on any atom is -0.469 e. The van der Waals surface area contributed by atoms with E-state index in [1.807, 2.05) is 0 Å². The summed E-state index contributed by atoms with van der Waals surface area (Å²) in [5, 5.41) is 14.1. The minimum absolute atomic E-state index is 0.0216. The van der Waals surface area contributed by atoms with Gasteiger partial charge in [-0.2, -0.15) is 4.98 Å². The SMILES string of the molecule is NS(=O)(=O)c1ccc(Nc2ncc(Br)c(NCCCNC(=O)Cc3ccco3)n2)cc1. The van der Waals surface area contributed by atoms with Gasteiger partial charge >= 0.3 is 0 Å². The van der Waals surface area contributed by atoms with Crippen molar-refractivity contribution in [2.45, 2.75) is 17.7 Å². The van der Waals surface area contributed by atoms with Gasteiger partial charge < -0.3 is 20.4 Å². The quantitative estimate of drug-likeness (QED) is 0.304. The highest BCUT2D eigenvalue weighted by Crippen LogP contribution is 2.22. The van der Waals surface area contributed by atoms with E-state index in [2.05, 4.69) is 41.8 Å². The van der Waals surface area contributed by atoms with Crippen LogP contribution < -0.4 is 21.1 Å². The van der Waals surface area contributed by atoms with Gasteiger partial charge in [-0.25, -0.2) is 18.5 Å². The van der Waals surface area contributed by atoms with Gasteiger partial charge in [0.05, 0.1) is 22.1 Å². The van der Waals surface area contributed by atoms with Gasteiger partial charge in [-0.05, 0) is 58.7 Å². The second-order valence-electron chi connectivity index (χ2n) is 6.47. The number of aromatic nitrogens is 2. The Morgan fingerprint density at radius 3 is 2.61 bits per heavy atom. The fraction of sp³-hybridized carbons (Fsp3) is 0.211. The van der Waals surface area contributed by atoms with Crippen LogP contribution in [0.3, 0.4) is 0 Å². The summed E-state index contributed by atoms with van der Waals surface area (Å²) >= 11 is 3.40. The molecule has 0 spiro atoms. The van der Waals surface area contributed by atoms with Crippen LogP contribution in [-0.4, -0.2) is 37.4 Å². The lowest BCUT2D eigenvalue weighted by molar-refractivity contribution is -0.120. The third-order valence-electron chi connectivity index (χ3n) is 4.07. The molecule has 164 valence electrons. The van der Waals surface area contributed by atoms with Crippen molar-refractivity contribution in [1.29, 1.82) is 0 Å². The molecule has 10 nitrogen and oxygen atoms in total. The molecule has 0 radical (unpaired) electrons. The second-order valence-corrected chi connectivity index (χ2v) is 8.89. The lowest BCUT2D eigenvalue weighted by atomic mass is 10.3. The maximum atomic E-state index is 11.8. The number of rotatable bonds is 10. The highest BCUT2D eigenvalue weighted by molar-refractivity contribution is 9.10. The molecule has 31 heavy (non-hydrogen) atoms. The van der Waals surface area contributed by atoms with Gasteiger partial charge in [0.15, 0.2) is 0 Å². The normalized spacial score (nSPS) is 11.2. The third-order valence-corrected chi connectivity index (χ3v) is 5.58. The fourth-order valence-corrected chi connectivity index (χ4v) is 3.41. The number of furan rings is 1. The van der Waals surface area contributed by atoms with E-state index in [9.17, 15) is 13.2 Å². The van der Waals surface area contributed by atoms with E-state index in [0.717, 1.165) is 0 Å². The molecule has 0 aliphatic carbocycles. The highest BCUT2D eigenvalue weighted by atomic mass is 79.9. The summed E-state index contributed by atoms with van der Waals surface area (Å²) in [5.41, 5.74) is 0.611. The number of benzene rings is 1. The highest BCUT2D eigenvalue weighted by Gasteiger charge is 2.09. The first-order valence-electron chi connectivity index (χ1n) is 9.26. The maximum absolute atomic E-state index is 11.8. The number of nitrogens with one attached hydrogen (secondary N) is 3. The average Bonchev–Trinajstić information content (AvgIpc) is 3.22. The molecule has 1 amide bonds. The number of carbonyl (C=O) groups excluding carboxylic acids is 1. The first-order chi connectivity index (χ1) is 14.8. The number of hydrogen-bond donors (Lipinski definition) is 4. The lowest BCUT2D eigenvalue weighted by Crippen LogP contribution is -2.27. The van der Waals surface area contributed by atoms with Crippen LogP contribution in [-0.2, 0) is 21.2 Å². The molecule has 0 bridgehead atoms. The zero-order chi connectivity index (χ0) is 22.3. The summed E-state index contributed by atoms with van der Waals surface area (Å²) < 4.78 is 28.5. The van der Waals surface area contributed by atoms with Crippen molar-refractivity contribution in [3.63, 3.8) is 0 Å². The molecule has 3 rings (SSSR count). The molecule has 0 unspecified atom stereocenters. The molecule has 2 aromatic heterocycles. The molecule has 3 aromatic rings. The Morgan fingerprint density at radius 1 is 1.16 bits per heavy atom. The van der Waals surface area contributed by atoms with Crippen LogP contribution in [0.2, 0.25) is 0 Å². The van der Waals surface area contributed by atoms with Gasteiger partial charge in [0.1, 0.15) is 11.6 Å². The second kappa shape index (κ2) is 10.4. The lowest BCUT2D eigenvalue weighted by Gasteiger charge is -2.11. The van der Waals surface area contributed by atoms with Crippen LogP contribution in [0.4, 0.5) is 17.5 Å². The van der Waals surface area contributed by atoms with Crippen molar-refractivity contribution in [2.75, 3.05) is 23.7 Å². The molecule has 5 N–H and O–H groups in total. The van der Waals surface area contributed by atoms with Gasteiger partial charge in [-0.15, -0.1) is 0 Å². The Kier molecular flexibility index (Phi) is 7.60. The van der Waals surface area contributed by atoms with E-state index in [1.54, 1.807) is 30.5 Å². The van der Waals surface area contributed by atoms with Crippen LogP contribution in [0.5, 0.6) is 0 Å². The molecule has 2 heterocycles. The Balaban J connectivity index is 1.47. The van der Waals surface area contributed by atoms with Crippen LogP contribution in [0, 0.1) is 0 Å². The van der Waals surface area contributed by atoms with Crippen molar-refractivity contribution in [1.82, 2.24) is 15.3 Å². The molecule has 0 saturated carbocycles. The van der Waals surface area contributed by atoms with Crippen molar-refractivity contribution >= 4 is 49.3 Å². The molecule has 12 heteroatoms. The van der Waals surface area contributed by atoms with Crippen molar-refractivity contribution in [2.24, 2.45) is 5.14 Å². The van der Waals surface area contributed by atoms with Gasteiger partial charge in [0.25, 0.3) is 0 Å². The number of nitrogens with two attached hydrogens (primary N) is 1. The monoisotopic (exact) mass is 508 g/mol. The molecule has 0 atom stereocenters. The summed E-state index contributed by atoms with van der Waals surface area (Å²) in [4.78, 5) is 20.4. The fourth-order valence-electron chi connectivity index (χ4n) is 2.57. The molecular formula is C19H21BrN6O4S. The van der Waals surface area contributed by atoms with E-state index >= 15 is 0 Å². The first-order valence-corrected chi connectivity index (χ1v) is 11.6. The number of carbonyl (C=O) groups is 1. The van der Waals surface area contributed by atoms with Crippen molar-refractivity contribution < 1.29 is 17.6 Å². The van der Waals surface area contributed by atoms with Gasteiger partial charge in [0, 0.05) is 25.0 Å². The van der Waals surface area contributed by atoms with E-state index in [1.165, 1.54) is 18.4 Å². The number of halogens is 1. The average molecular weight is 509 g/mol. The topological polar surface area (TPSA) is 152 Å². The number of primary sulfonamides is 1. The number of anilines is 3. The van der Waals surface area contributed by atoms with Crippen LogP contribution in [0.1, 0.15) is 12.2 Å². The predicted octanol–water partition coefficient (Wildman–Crippen LogP) is 2.38. The van der Waals surface area contributed by atoms with Gasteiger partial charge in [-0.3, -0.25) is 4.79 Å². The molecule has 0 saturated heterocycles. The number of sulfonamides is 1. The van der Waals surface area contributed by atoms with Crippen LogP contribution in [0.15, 0.2) is 62.6 Å². The minimum atomic E-state index is -3.74. The number of nitrogens with zero attached hydrogens (tertiary/aromatic N) is 2. The third kappa shape index (κ3) is 7.05. The number of amides is 1. The molecule has 0 aliphatic heterocycles. The summed E-state index contributed by atoms with van der Waals surface area (Å²) in [6.45, 7) is 1.09. The van der Waals surface area contributed by atoms with E-state index < -0.39 is 10.0 Å². The smallest absolute Gasteiger partial charge is 0.238 e. The summed E-state index contributed by atoms with van der Waals surface area (Å²) in [6.07, 6.45) is 4.04. The summed E-state index contributed by atoms with van der Waals surface area (Å²) in [7, 11) is -3.74. The Morgan fingerprint density at radius 2 is 1.94 bits per heavy atom. The summed E-state index contributed by atoms with van der Waals surface area (Å²) in [6, 6.07) is 9.45. The van der Waals surface area contributed by atoms with Crippen LogP contribution in [0.25, 0.3) is 0 Å². The molecular weight excluding hydrogens is 488 g/mol. The van der Waals surface area contributed by atoms with Crippen LogP contribution >= 0.6 is 15.9 Å². The zero-order valence-electron chi connectivity index (χ0n) is 16.3. The zero-order valence-corrected chi connectivity index (χ0v) is 18.7. The van der Waals surface area contributed by atoms with Gasteiger partial charge in [0.2, 0.25) is 21.9 Å². The largest absolute Gasteiger partial charge is 0.469 e. The molecule has 1 aromatic carbocycles. The van der Waals surface area contributed by atoms with E-state index in [4.69, 9.17) is 9.56 Å². The Labute approximate surface area is 187 Å². The van der Waals surface area contributed by atoms with Crippen molar-refractivity contribution in [3.8, 4) is 0 Å². The summed E-state index contributed by atoms with van der Waals surface area (Å²) in [5.74, 6) is 1.44. The Bertz CT molecular complexity index is 1120. The number of hydrogen-bond acceptors (Lipinski definition) is 8. The van der Waals surface area contributed by atoms with E-state index in [-0.39, 0.29) is 17.2 Å². The predicted molar refractivity (Wildman–Crippen MR) is 119 cm³/mol. The van der Waals surface area contributed by atoms with Crippen molar-refractivity contribution in [3.05, 3.63) is 59.1 Å². The standard InChI is InChI=1S/C19H21BrN6O4S/c20-16-12-24-19(25-13-4-6-15(7-5-13)31(21,28)29)26-18(16)23-9-2-8-22-17(27)11-14-3-1-10-30-14/h1,3-7,10,12H,2,8-9,11H2,(H,22,27)(H2,21,28,29)(H2,23,24,25,26). The maximum Gasteiger partial charge on any atom is 0.238 e. The first kappa shape index (κ1) is 22.7. The molecule has 0 aliphatic rings.